The van der Waals surface area contributed by atoms with Crippen LogP contribution in [-0.2, 0) is 9.59 Å². The predicted molar refractivity (Wildman–Crippen MR) is 71.8 cm³/mol. The summed E-state index contributed by atoms with van der Waals surface area (Å²) in [6.07, 6.45) is -0.678. The summed E-state index contributed by atoms with van der Waals surface area (Å²) in [5.41, 5.74) is 1.53. The molecule has 3 N–H and O–H groups in total. The Labute approximate surface area is 115 Å². The van der Waals surface area contributed by atoms with E-state index in [1.165, 1.54) is 11.9 Å². The van der Waals surface area contributed by atoms with Crippen LogP contribution in [0.1, 0.15) is 12.0 Å². The minimum atomic E-state index is -1.47. The van der Waals surface area contributed by atoms with E-state index in [1.807, 2.05) is 13.0 Å². The van der Waals surface area contributed by atoms with Gasteiger partial charge in [0.15, 0.2) is 0 Å². The Hall–Kier alpha value is -2.57. The van der Waals surface area contributed by atoms with E-state index in [1.54, 1.807) is 18.2 Å². The van der Waals surface area contributed by atoms with Crippen LogP contribution in [-0.4, -0.2) is 41.3 Å². The third-order valence-corrected chi connectivity index (χ3v) is 2.67. The molecule has 2 amide bonds. The van der Waals surface area contributed by atoms with Gasteiger partial charge in [0.2, 0.25) is 0 Å². The van der Waals surface area contributed by atoms with Gasteiger partial charge in [-0.2, -0.15) is 0 Å². The first-order valence-corrected chi connectivity index (χ1v) is 5.86. The number of urea groups is 1. The summed E-state index contributed by atoms with van der Waals surface area (Å²) in [7, 11) is 1.48. The molecule has 0 aliphatic rings. The molecule has 0 fully saturated rings. The Morgan fingerprint density at radius 3 is 2.45 bits per heavy atom. The normalized spacial score (nSPS) is 11.5. The number of hydrogen-bond acceptors (Lipinski definition) is 3. The molecule has 0 bridgehead atoms. The van der Waals surface area contributed by atoms with Gasteiger partial charge in [-0.25, -0.2) is 9.59 Å². The second kappa shape index (κ2) is 6.55. The fraction of sp³-hybridized carbons (Fsp3) is 0.308. The van der Waals surface area contributed by atoms with Crippen molar-refractivity contribution in [1.82, 2.24) is 5.32 Å². The molecule has 0 aliphatic carbocycles. The van der Waals surface area contributed by atoms with E-state index in [4.69, 9.17) is 10.2 Å². The standard InChI is InChI=1S/C13H16N2O5/c1-8-4-3-5-9(6-8)15(2)13(20)14-10(12(18)19)7-11(16)17/h3-6,10H,7H2,1-2H3,(H,14,20)(H,16,17)(H,18,19). The lowest BCUT2D eigenvalue weighted by Crippen LogP contribution is -2.47. The number of benzene rings is 1. The van der Waals surface area contributed by atoms with E-state index in [9.17, 15) is 14.4 Å². The molecule has 108 valence electrons. The quantitative estimate of drug-likeness (QED) is 0.747. The second-order valence-corrected chi connectivity index (χ2v) is 4.34. The van der Waals surface area contributed by atoms with Crippen LogP contribution in [0.2, 0.25) is 0 Å². The number of nitrogens with zero attached hydrogens (tertiary/aromatic N) is 1. The van der Waals surface area contributed by atoms with Gasteiger partial charge in [0.25, 0.3) is 0 Å². The van der Waals surface area contributed by atoms with Gasteiger partial charge in [-0.15, -0.1) is 0 Å². The predicted octanol–water partition coefficient (Wildman–Crippen LogP) is 1.07. The van der Waals surface area contributed by atoms with Gasteiger partial charge in [0, 0.05) is 12.7 Å². The van der Waals surface area contributed by atoms with Crippen LogP contribution in [0.25, 0.3) is 0 Å². The molecule has 7 nitrogen and oxygen atoms in total. The van der Waals surface area contributed by atoms with Crippen LogP contribution >= 0.6 is 0 Å². The van der Waals surface area contributed by atoms with Crippen molar-refractivity contribution in [2.45, 2.75) is 19.4 Å². The van der Waals surface area contributed by atoms with Crippen LogP contribution in [0.4, 0.5) is 10.5 Å². The minimum Gasteiger partial charge on any atom is -0.481 e. The maximum Gasteiger partial charge on any atom is 0.326 e. The van der Waals surface area contributed by atoms with Gasteiger partial charge in [0.05, 0.1) is 6.42 Å². The molecule has 0 aliphatic heterocycles. The highest BCUT2D eigenvalue weighted by atomic mass is 16.4. The molecule has 0 saturated heterocycles. The lowest BCUT2D eigenvalue weighted by atomic mass is 10.2. The number of carboxylic acids is 2. The van der Waals surface area contributed by atoms with Crippen molar-refractivity contribution in [3.8, 4) is 0 Å². The number of hydrogen-bond donors (Lipinski definition) is 3. The van der Waals surface area contributed by atoms with Crippen molar-refractivity contribution in [2.75, 3.05) is 11.9 Å². The average molecular weight is 280 g/mol. The van der Waals surface area contributed by atoms with Crippen molar-refractivity contribution in [1.29, 1.82) is 0 Å². The van der Waals surface area contributed by atoms with Crippen LogP contribution in [0.15, 0.2) is 24.3 Å². The number of amides is 2. The van der Waals surface area contributed by atoms with Crippen LogP contribution in [0.3, 0.4) is 0 Å². The first-order valence-electron chi connectivity index (χ1n) is 5.86. The van der Waals surface area contributed by atoms with Crippen LogP contribution < -0.4 is 10.2 Å². The maximum absolute atomic E-state index is 11.9. The number of aliphatic carboxylic acids is 2. The lowest BCUT2D eigenvalue weighted by molar-refractivity contribution is -0.145. The van der Waals surface area contributed by atoms with Crippen molar-refractivity contribution in [3.05, 3.63) is 29.8 Å². The van der Waals surface area contributed by atoms with Gasteiger partial charge >= 0.3 is 18.0 Å². The molecule has 0 aromatic heterocycles. The van der Waals surface area contributed by atoms with Gasteiger partial charge in [-0.1, -0.05) is 12.1 Å². The first-order chi connectivity index (χ1) is 9.31. The molecule has 1 aromatic rings. The summed E-state index contributed by atoms with van der Waals surface area (Å²) in [6, 6.07) is 4.93. The van der Waals surface area contributed by atoms with Gasteiger partial charge in [-0.3, -0.25) is 9.69 Å². The van der Waals surface area contributed by atoms with E-state index in [0.29, 0.717) is 5.69 Å². The molecular formula is C13H16N2O5. The Morgan fingerprint density at radius 2 is 1.95 bits per heavy atom. The molecule has 0 spiro atoms. The zero-order valence-corrected chi connectivity index (χ0v) is 11.2. The van der Waals surface area contributed by atoms with Crippen LogP contribution in [0, 0.1) is 6.92 Å². The van der Waals surface area contributed by atoms with Gasteiger partial charge < -0.3 is 15.5 Å². The fourth-order valence-corrected chi connectivity index (χ4v) is 1.57. The molecule has 20 heavy (non-hydrogen) atoms. The molecule has 0 saturated carbocycles. The monoisotopic (exact) mass is 280 g/mol. The highest BCUT2D eigenvalue weighted by molar-refractivity contribution is 5.95. The van der Waals surface area contributed by atoms with E-state index in [-0.39, 0.29) is 0 Å². The number of carbonyl (C=O) groups excluding carboxylic acids is 1. The SMILES string of the molecule is Cc1cccc(N(C)C(=O)NC(CC(=O)O)C(=O)O)c1. The third kappa shape index (κ3) is 4.27. The summed E-state index contributed by atoms with van der Waals surface area (Å²) >= 11 is 0. The van der Waals surface area contributed by atoms with E-state index in [2.05, 4.69) is 5.32 Å². The highest BCUT2D eigenvalue weighted by Crippen LogP contribution is 2.14. The minimum absolute atomic E-state index is 0.585. The van der Waals surface area contributed by atoms with Crippen molar-refractivity contribution in [2.24, 2.45) is 0 Å². The molecule has 1 unspecified atom stereocenters. The Kier molecular flexibility index (Phi) is 5.08. The summed E-state index contributed by atoms with van der Waals surface area (Å²) in [5.74, 6) is -2.69. The number of rotatable bonds is 5. The summed E-state index contributed by atoms with van der Waals surface area (Å²) in [6.45, 7) is 1.86. The topological polar surface area (TPSA) is 107 Å². The fourth-order valence-electron chi connectivity index (χ4n) is 1.57. The van der Waals surface area contributed by atoms with Gasteiger partial charge in [0.1, 0.15) is 6.04 Å². The van der Waals surface area contributed by atoms with Crippen molar-refractivity contribution >= 4 is 23.7 Å². The summed E-state index contributed by atoms with van der Waals surface area (Å²) in [4.78, 5) is 34.6. The molecular weight excluding hydrogens is 264 g/mol. The molecule has 7 heteroatoms. The highest BCUT2D eigenvalue weighted by Gasteiger charge is 2.24. The number of carboxylic acid groups (broad SMARTS) is 2. The molecule has 1 aromatic carbocycles. The van der Waals surface area contributed by atoms with Gasteiger partial charge in [-0.05, 0) is 24.6 Å². The van der Waals surface area contributed by atoms with E-state index < -0.39 is 30.4 Å². The number of carbonyl (C=O) groups is 3. The van der Waals surface area contributed by atoms with Crippen molar-refractivity contribution in [3.63, 3.8) is 0 Å². The molecule has 1 atom stereocenters. The summed E-state index contributed by atoms with van der Waals surface area (Å²) in [5, 5.41) is 19.7. The molecule has 1 rings (SSSR count). The third-order valence-electron chi connectivity index (χ3n) is 2.67. The number of aryl methyl sites for hydroxylation is 1. The first kappa shape index (κ1) is 15.5. The zero-order valence-electron chi connectivity index (χ0n) is 11.2. The second-order valence-electron chi connectivity index (χ2n) is 4.34. The molecule has 0 radical (unpaired) electrons. The summed E-state index contributed by atoms with van der Waals surface area (Å²) < 4.78 is 0. The molecule has 0 heterocycles. The van der Waals surface area contributed by atoms with Crippen LogP contribution in [0.5, 0.6) is 0 Å². The van der Waals surface area contributed by atoms with Crippen molar-refractivity contribution < 1.29 is 24.6 Å². The largest absolute Gasteiger partial charge is 0.481 e. The van der Waals surface area contributed by atoms with E-state index >= 15 is 0 Å². The lowest BCUT2D eigenvalue weighted by Gasteiger charge is -2.21. The maximum atomic E-state index is 11.9. The Bertz CT molecular complexity index is 529. The number of nitrogens with one attached hydrogen (secondary N) is 1. The number of anilines is 1. The average Bonchev–Trinajstić information content (AvgIpc) is 2.36. The Morgan fingerprint density at radius 1 is 1.30 bits per heavy atom. The Balaban J connectivity index is 2.78. The zero-order chi connectivity index (χ0) is 15.3. The smallest absolute Gasteiger partial charge is 0.326 e. The van der Waals surface area contributed by atoms with E-state index in [0.717, 1.165) is 5.56 Å².